The van der Waals surface area contributed by atoms with Crippen LogP contribution in [-0.4, -0.2) is 29.4 Å². The lowest BCUT2D eigenvalue weighted by atomic mass is 10.2. The maximum atomic E-state index is 3.63. The Kier molecular flexibility index (Phi) is 3.18. The molecule has 0 aromatic heterocycles. The van der Waals surface area contributed by atoms with Crippen molar-refractivity contribution in [3.05, 3.63) is 0 Å². The van der Waals surface area contributed by atoms with Crippen LogP contribution in [0.3, 0.4) is 0 Å². The summed E-state index contributed by atoms with van der Waals surface area (Å²) in [5.74, 6) is 0.817. The van der Waals surface area contributed by atoms with Crippen LogP contribution < -0.4 is 0 Å². The highest BCUT2D eigenvalue weighted by Gasteiger charge is 2.19. The molecule has 1 unspecified atom stereocenters. The molecule has 1 aliphatic heterocycles. The Morgan fingerprint density at radius 3 is 2.70 bits per heavy atom. The largest absolute Gasteiger partial charge is 0.302 e. The zero-order valence-electron chi connectivity index (χ0n) is 6.81. The van der Waals surface area contributed by atoms with E-state index in [4.69, 9.17) is 0 Å². The smallest absolute Gasteiger partial charge is 0.0285 e. The number of alkyl halides is 1. The topological polar surface area (TPSA) is 3.24 Å². The molecular formula is C8H16BrN. The van der Waals surface area contributed by atoms with Crippen molar-refractivity contribution in [3.63, 3.8) is 0 Å². The summed E-state index contributed by atoms with van der Waals surface area (Å²) in [6, 6.07) is 0. The van der Waals surface area contributed by atoms with Crippen LogP contribution in [0.1, 0.15) is 20.3 Å². The van der Waals surface area contributed by atoms with E-state index in [0.29, 0.717) is 0 Å². The first kappa shape index (κ1) is 8.54. The van der Waals surface area contributed by atoms with E-state index in [9.17, 15) is 0 Å². The van der Waals surface area contributed by atoms with Crippen LogP contribution in [0, 0.1) is 5.92 Å². The Hall–Kier alpha value is 0.440. The zero-order chi connectivity index (χ0) is 7.56. The summed E-state index contributed by atoms with van der Waals surface area (Å²) in [5.41, 5.74) is 0. The van der Waals surface area contributed by atoms with Gasteiger partial charge in [0.15, 0.2) is 0 Å². The van der Waals surface area contributed by atoms with Gasteiger partial charge in [-0.1, -0.05) is 29.8 Å². The number of nitrogens with zero attached hydrogens (tertiary/aromatic N) is 1. The van der Waals surface area contributed by atoms with E-state index < -0.39 is 0 Å². The van der Waals surface area contributed by atoms with Gasteiger partial charge in [0, 0.05) is 17.9 Å². The second kappa shape index (κ2) is 3.72. The van der Waals surface area contributed by atoms with E-state index in [1.165, 1.54) is 26.1 Å². The molecule has 1 aliphatic rings. The maximum absolute atomic E-state index is 3.63. The van der Waals surface area contributed by atoms with Gasteiger partial charge in [-0.15, -0.1) is 0 Å². The van der Waals surface area contributed by atoms with Gasteiger partial charge >= 0.3 is 0 Å². The van der Waals surface area contributed by atoms with Crippen LogP contribution in [0.2, 0.25) is 0 Å². The number of likely N-dealkylation sites (tertiary alicyclic amines) is 1. The van der Waals surface area contributed by atoms with Crippen molar-refractivity contribution in [3.8, 4) is 0 Å². The van der Waals surface area contributed by atoms with Crippen molar-refractivity contribution in [2.75, 3.05) is 19.6 Å². The number of hydrogen-bond acceptors (Lipinski definition) is 1. The fourth-order valence-corrected chi connectivity index (χ4v) is 2.08. The Morgan fingerprint density at radius 1 is 1.60 bits per heavy atom. The second-order valence-corrected chi connectivity index (χ2v) is 4.83. The number of halogens is 1. The van der Waals surface area contributed by atoms with E-state index >= 15 is 0 Å². The van der Waals surface area contributed by atoms with Crippen LogP contribution >= 0.6 is 15.9 Å². The van der Waals surface area contributed by atoms with Crippen molar-refractivity contribution in [2.24, 2.45) is 5.92 Å². The fraction of sp³-hybridized carbons (Fsp3) is 1.00. The predicted molar refractivity (Wildman–Crippen MR) is 48.6 cm³/mol. The molecule has 0 aliphatic carbocycles. The number of rotatable bonds is 2. The molecule has 0 saturated carbocycles. The second-order valence-electron chi connectivity index (χ2n) is 3.54. The van der Waals surface area contributed by atoms with Crippen molar-refractivity contribution in [1.29, 1.82) is 0 Å². The molecule has 1 rings (SSSR count). The SMILES string of the molecule is CC(C)CN1CCC(Br)C1. The Morgan fingerprint density at radius 2 is 2.30 bits per heavy atom. The molecule has 10 heavy (non-hydrogen) atoms. The van der Waals surface area contributed by atoms with Crippen molar-refractivity contribution in [1.82, 2.24) is 4.90 Å². The predicted octanol–water partition coefficient (Wildman–Crippen LogP) is 2.11. The van der Waals surface area contributed by atoms with Crippen LogP contribution in [0.25, 0.3) is 0 Å². The van der Waals surface area contributed by atoms with Crippen LogP contribution in [-0.2, 0) is 0 Å². The van der Waals surface area contributed by atoms with Crippen molar-refractivity contribution >= 4 is 15.9 Å². The molecule has 1 fully saturated rings. The quantitative estimate of drug-likeness (QED) is 0.625. The first-order valence-electron chi connectivity index (χ1n) is 4.05. The van der Waals surface area contributed by atoms with Gasteiger partial charge in [-0.25, -0.2) is 0 Å². The summed E-state index contributed by atoms with van der Waals surface area (Å²) < 4.78 is 0. The zero-order valence-corrected chi connectivity index (χ0v) is 8.39. The monoisotopic (exact) mass is 205 g/mol. The summed E-state index contributed by atoms with van der Waals surface area (Å²) in [6.07, 6.45) is 1.33. The van der Waals surface area contributed by atoms with Crippen molar-refractivity contribution in [2.45, 2.75) is 25.1 Å². The minimum Gasteiger partial charge on any atom is -0.302 e. The highest BCUT2D eigenvalue weighted by Crippen LogP contribution is 2.17. The molecule has 1 saturated heterocycles. The third kappa shape index (κ3) is 2.59. The maximum Gasteiger partial charge on any atom is 0.0285 e. The third-order valence-corrected chi connectivity index (χ3v) is 2.59. The Balaban J connectivity index is 2.18. The summed E-state index contributed by atoms with van der Waals surface area (Å²) in [4.78, 5) is 3.29. The third-order valence-electron chi connectivity index (χ3n) is 1.84. The Labute approximate surface area is 71.9 Å². The summed E-state index contributed by atoms with van der Waals surface area (Å²) in [7, 11) is 0. The molecule has 60 valence electrons. The average Bonchev–Trinajstić information content (AvgIpc) is 2.13. The molecule has 0 aromatic carbocycles. The standard InChI is InChI=1S/C8H16BrN/c1-7(2)5-10-4-3-8(9)6-10/h7-8H,3-6H2,1-2H3. The van der Waals surface area contributed by atoms with E-state index in [-0.39, 0.29) is 0 Å². The van der Waals surface area contributed by atoms with Gasteiger partial charge in [0.2, 0.25) is 0 Å². The summed E-state index contributed by atoms with van der Waals surface area (Å²) >= 11 is 3.63. The molecule has 0 bridgehead atoms. The minimum atomic E-state index is 0.756. The first-order valence-corrected chi connectivity index (χ1v) is 4.96. The molecule has 0 N–H and O–H groups in total. The highest BCUT2D eigenvalue weighted by molar-refractivity contribution is 9.09. The van der Waals surface area contributed by atoms with Gasteiger partial charge in [0.05, 0.1) is 0 Å². The van der Waals surface area contributed by atoms with Crippen LogP contribution in [0.5, 0.6) is 0 Å². The molecule has 0 aromatic rings. The average molecular weight is 206 g/mol. The normalized spacial score (nSPS) is 28.2. The van der Waals surface area contributed by atoms with Gasteiger partial charge in [-0.2, -0.15) is 0 Å². The molecule has 1 heterocycles. The van der Waals surface area contributed by atoms with Crippen LogP contribution in [0.4, 0.5) is 0 Å². The van der Waals surface area contributed by atoms with E-state index in [0.717, 1.165) is 10.7 Å². The van der Waals surface area contributed by atoms with Crippen LogP contribution in [0.15, 0.2) is 0 Å². The molecule has 1 nitrogen and oxygen atoms in total. The minimum absolute atomic E-state index is 0.756. The van der Waals surface area contributed by atoms with Gasteiger partial charge < -0.3 is 4.90 Å². The molecule has 1 atom stereocenters. The number of hydrogen-bond donors (Lipinski definition) is 0. The molecule has 2 heteroatoms. The van der Waals surface area contributed by atoms with Gasteiger partial charge in [-0.3, -0.25) is 0 Å². The summed E-state index contributed by atoms with van der Waals surface area (Å²) in [6.45, 7) is 8.36. The van der Waals surface area contributed by atoms with E-state index in [1.54, 1.807) is 0 Å². The Bertz CT molecular complexity index is 103. The fourth-order valence-electron chi connectivity index (χ4n) is 1.47. The molecular weight excluding hydrogens is 190 g/mol. The lowest BCUT2D eigenvalue weighted by molar-refractivity contribution is 0.299. The summed E-state index contributed by atoms with van der Waals surface area (Å²) in [5, 5.41) is 0. The van der Waals surface area contributed by atoms with Gasteiger partial charge in [0.1, 0.15) is 0 Å². The molecule has 0 spiro atoms. The lowest BCUT2D eigenvalue weighted by Gasteiger charge is -2.16. The van der Waals surface area contributed by atoms with E-state index in [1.807, 2.05) is 0 Å². The van der Waals surface area contributed by atoms with Gasteiger partial charge in [-0.05, 0) is 18.9 Å². The highest BCUT2D eigenvalue weighted by atomic mass is 79.9. The first-order chi connectivity index (χ1) is 4.68. The molecule has 0 amide bonds. The van der Waals surface area contributed by atoms with Gasteiger partial charge in [0.25, 0.3) is 0 Å². The van der Waals surface area contributed by atoms with Crippen molar-refractivity contribution < 1.29 is 0 Å². The lowest BCUT2D eigenvalue weighted by Crippen LogP contribution is -2.25. The molecule has 0 radical (unpaired) electrons. The van der Waals surface area contributed by atoms with E-state index in [2.05, 4.69) is 34.7 Å².